The maximum absolute atomic E-state index is 6.89. The minimum atomic E-state index is -0.672. The Labute approximate surface area is 581 Å². The molecule has 98 heavy (non-hydrogen) atoms. The predicted octanol–water partition coefficient (Wildman–Crippen LogP) is 20.3. The van der Waals surface area contributed by atoms with Crippen molar-refractivity contribution in [3.8, 4) is 23.0 Å². The first-order chi connectivity index (χ1) is 47.6. The van der Waals surface area contributed by atoms with Crippen molar-refractivity contribution in [2.75, 3.05) is 9.80 Å². The normalized spacial score (nSPS) is 14.7. The molecule has 0 unspecified atom stereocenters. The van der Waals surface area contributed by atoms with Crippen LogP contribution < -0.4 is 52.1 Å². The van der Waals surface area contributed by atoms with Gasteiger partial charge in [-0.05, 0) is 164 Å². The molecule has 0 atom stereocenters. The molecule has 4 nitrogen and oxygen atoms in total. The van der Waals surface area contributed by atoms with Crippen LogP contribution in [-0.2, 0) is 10.8 Å². The third kappa shape index (κ3) is 8.91. The summed E-state index contributed by atoms with van der Waals surface area (Å²) in [5.74, 6) is 5.22. The van der Waals surface area contributed by atoms with Crippen molar-refractivity contribution in [3.63, 3.8) is 0 Å². The summed E-state index contributed by atoms with van der Waals surface area (Å²) in [6.45, 7) is 28.6. The fourth-order valence-corrected chi connectivity index (χ4v) is 18.3. The van der Waals surface area contributed by atoms with E-state index in [0.717, 1.165) is 79.4 Å². The van der Waals surface area contributed by atoms with E-state index in [2.05, 4.69) is 348 Å². The first-order valence-electron chi connectivity index (χ1n) is 36.0. The molecule has 6 heteroatoms. The van der Waals surface area contributed by atoms with Crippen LogP contribution in [0, 0.1) is 0 Å². The van der Waals surface area contributed by atoms with Crippen LogP contribution in [0.15, 0.2) is 255 Å². The molecule has 0 amide bonds. The van der Waals surface area contributed by atoms with Crippen LogP contribution in [0.25, 0.3) is 0 Å². The van der Waals surface area contributed by atoms with E-state index >= 15 is 0 Å². The smallest absolute Gasteiger partial charge is 0.240 e. The maximum Gasteiger partial charge on any atom is 0.240 e. The number of ether oxygens (including phenoxy) is 2. The molecule has 0 aliphatic carbocycles. The van der Waals surface area contributed by atoms with Gasteiger partial charge in [0.1, 0.15) is 23.0 Å². The fraction of sp³-hybridized carbons (Fsp3) is 0.217. The van der Waals surface area contributed by atoms with Crippen molar-refractivity contribution in [1.29, 1.82) is 0 Å². The van der Waals surface area contributed by atoms with Crippen molar-refractivity contribution in [2.24, 2.45) is 0 Å². The molecule has 0 bridgehead atoms. The van der Waals surface area contributed by atoms with Gasteiger partial charge in [-0.1, -0.05) is 298 Å². The van der Waals surface area contributed by atoms with Gasteiger partial charge in [-0.25, -0.2) is 0 Å². The third-order valence-corrected chi connectivity index (χ3v) is 22.6. The summed E-state index contributed by atoms with van der Waals surface area (Å²) in [5.41, 5.74) is 31.8. The van der Waals surface area contributed by atoms with Gasteiger partial charge in [0.05, 0.1) is 33.6 Å². The summed E-state index contributed by atoms with van der Waals surface area (Å²) >= 11 is 0. The summed E-state index contributed by atoms with van der Waals surface area (Å²) in [7, 11) is 0. The van der Waals surface area contributed by atoms with Gasteiger partial charge in [-0.3, -0.25) is 0 Å². The number of benzene rings is 12. The number of para-hydroxylation sites is 8. The van der Waals surface area contributed by atoms with Gasteiger partial charge in [0.2, 0.25) is 13.4 Å². The summed E-state index contributed by atoms with van der Waals surface area (Å²) in [5, 5.41) is 0. The molecule has 0 radical (unpaired) electrons. The topological polar surface area (TPSA) is 24.9 Å². The average molecular weight is 1270 g/mol. The van der Waals surface area contributed by atoms with Crippen LogP contribution in [-0.4, -0.2) is 13.4 Å². The second-order valence-corrected chi connectivity index (χ2v) is 30.1. The van der Waals surface area contributed by atoms with Crippen molar-refractivity contribution < 1.29 is 9.47 Å². The number of nitrogens with zero attached hydrogens (tertiary/aromatic N) is 2. The van der Waals surface area contributed by atoms with Gasteiger partial charge in [0.15, 0.2) is 0 Å². The summed E-state index contributed by atoms with van der Waals surface area (Å²) in [6.07, 6.45) is 0. The number of hydrogen-bond acceptors (Lipinski definition) is 4. The Balaban J connectivity index is 0.983. The molecule has 0 saturated carbocycles. The van der Waals surface area contributed by atoms with Crippen LogP contribution >= 0.6 is 0 Å². The molecule has 5 aliphatic heterocycles. The molecule has 480 valence electrons. The molecule has 0 saturated heterocycles. The molecule has 0 aromatic heterocycles. The highest BCUT2D eigenvalue weighted by Gasteiger charge is 2.54. The zero-order valence-corrected chi connectivity index (χ0v) is 58.6. The number of rotatable bonds is 10. The summed E-state index contributed by atoms with van der Waals surface area (Å²) in [6, 6.07) is 97.5. The second kappa shape index (κ2) is 23.3. The van der Waals surface area contributed by atoms with Crippen LogP contribution in [0.1, 0.15) is 196 Å². The Morgan fingerprint density at radius 2 is 0.500 bits per heavy atom. The van der Waals surface area contributed by atoms with E-state index in [4.69, 9.17) is 9.47 Å². The van der Waals surface area contributed by atoms with Crippen molar-refractivity contribution in [2.45, 2.75) is 129 Å². The lowest BCUT2D eigenvalue weighted by Crippen LogP contribution is -2.76. The van der Waals surface area contributed by atoms with E-state index in [-0.39, 0.29) is 37.1 Å². The lowest BCUT2D eigenvalue weighted by molar-refractivity contribution is 0.434. The van der Waals surface area contributed by atoms with E-state index in [1.165, 1.54) is 88.4 Å². The van der Waals surface area contributed by atoms with Crippen molar-refractivity contribution in [1.82, 2.24) is 0 Å². The molecule has 0 fully saturated rings. The fourth-order valence-electron chi connectivity index (χ4n) is 18.3. The highest BCUT2D eigenvalue weighted by molar-refractivity contribution is 7.11. The van der Waals surface area contributed by atoms with E-state index in [9.17, 15) is 0 Å². The monoisotopic (exact) mass is 1270 g/mol. The predicted molar refractivity (Wildman–Crippen MR) is 413 cm³/mol. The molecular weight excluding hydrogens is 1190 g/mol. The van der Waals surface area contributed by atoms with Gasteiger partial charge < -0.3 is 19.3 Å². The van der Waals surface area contributed by atoms with Gasteiger partial charge in [-0.15, -0.1) is 0 Å². The standard InChI is InChI=1S/C92H84B2N2O2/c1-55(2)61-49-65(57(5)6)89(66(50-61)58(7)8)93-77-47-45-63(95-81-37-21-13-29-69(81)91(70-30-14-22-38-82(70)95)73-33-17-25-41-85(73)97-86-42-26-18-34-74(86)91)53-79(77)94(90-67(59(9)10)51-62(56(3)4)52-68(90)60(11)12)80-54-64(46-48-78(80)93)96-83-39-23-15-31-71(83)92(72-32-16-24-40-84(72)96)75-35-19-27-43-87(75)98-88-44-28-20-36-76(88)92/h13-60H,1-12H3. The Morgan fingerprint density at radius 3 is 0.765 bits per heavy atom. The van der Waals surface area contributed by atoms with E-state index in [0.29, 0.717) is 11.8 Å². The Kier molecular flexibility index (Phi) is 14.7. The quantitative estimate of drug-likeness (QED) is 0.127. The largest absolute Gasteiger partial charge is 0.457 e. The van der Waals surface area contributed by atoms with E-state index < -0.39 is 10.8 Å². The molecule has 12 aromatic rings. The first-order valence-corrected chi connectivity index (χ1v) is 36.0. The van der Waals surface area contributed by atoms with Crippen LogP contribution in [0.2, 0.25) is 0 Å². The molecule has 12 aromatic carbocycles. The van der Waals surface area contributed by atoms with Crippen molar-refractivity contribution in [3.05, 3.63) is 333 Å². The Bertz CT molecular complexity index is 4710. The average Bonchev–Trinajstić information content (AvgIpc) is 0.684. The first kappa shape index (κ1) is 61.6. The SMILES string of the molecule is CC(C)c1cc(C(C)C)c(B2c3ccc(N4c5ccccc5C5(c6ccccc6Oc6ccccc65)c5ccccc54)cc3B(c3c(C(C)C)cc(C(C)C)cc3C(C)C)c3cc(N4c5ccccc5C5(c6ccccc6Oc6ccccc65)c5ccccc54)ccc32)c(C(C)C)c1. The minimum absolute atomic E-state index is 0.103. The van der Waals surface area contributed by atoms with Gasteiger partial charge in [-0.2, -0.15) is 0 Å². The Morgan fingerprint density at radius 1 is 0.255 bits per heavy atom. The van der Waals surface area contributed by atoms with Crippen LogP contribution in [0.4, 0.5) is 34.1 Å². The summed E-state index contributed by atoms with van der Waals surface area (Å²) in [4.78, 5) is 5.20. The highest BCUT2D eigenvalue weighted by atomic mass is 16.5. The molecule has 5 aliphatic rings. The van der Waals surface area contributed by atoms with Gasteiger partial charge in [0, 0.05) is 33.6 Å². The third-order valence-electron chi connectivity index (χ3n) is 22.6. The molecule has 17 rings (SSSR count). The Hall–Kier alpha value is -10.0. The van der Waals surface area contributed by atoms with Crippen LogP contribution in [0.5, 0.6) is 23.0 Å². The number of fused-ring (bicyclic) bond motifs is 18. The van der Waals surface area contributed by atoms with Gasteiger partial charge >= 0.3 is 0 Å². The zero-order chi connectivity index (χ0) is 67.2. The molecule has 0 N–H and O–H groups in total. The van der Waals surface area contributed by atoms with Crippen LogP contribution in [0.3, 0.4) is 0 Å². The number of anilines is 6. The number of hydrogen-bond donors (Lipinski definition) is 0. The lowest BCUT2D eigenvalue weighted by Gasteiger charge is -2.49. The maximum atomic E-state index is 6.89. The van der Waals surface area contributed by atoms with E-state index in [1.807, 2.05) is 0 Å². The molecular formula is C92H84B2N2O2. The van der Waals surface area contributed by atoms with E-state index in [1.54, 1.807) is 0 Å². The molecule has 2 spiro atoms. The summed E-state index contributed by atoms with van der Waals surface area (Å²) < 4.78 is 13.8. The second-order valence-electron chi connectivity index (χ2n) is 30.1. The molecule has 5 heterocycles. The van der Waals surface area contributed by atoms with Crippen molar-refractivity contribution >= 4 is 80.3 Å². The highest BCUT2D eigenvalue weighted by Crippen LogP contribution is 2.65. The van der Waals surface area contributed by atoms with Gasteiger partial charge in [0.25, 0.3) is 0 Å². The lowest BCUT2D eigenvalue weighted by atomic mass is 9.20. The minimum Gasteiger partial charge on any atom is -0.457 e. The zero-order valence-electron chi connectivity index (χ0n) is 58.6.